The van der Waals surface area contributed by atoms with Gasteiger partial charge in [0.2, 0.25) is 15.9 Å². The van der Waals surface area contributed by atoms with Crippen LogP contribution in [0.2, 0.25) is 0 Å². The van der Waals surface area contributed by atoms with Crippen LogP contribution >= 0.6 is 46.6 Å². The zero-order valence-electron chi connectivity index (χ0n) is 13.5. The molecular weight excluding hydrogens is 405 g/mol. The molecule has 1 heterocycles. The fourth-order valence-electron chi connectivity index (χ4n) is 1.86. The zero-order chi connectivity index (χ0) is 18.4. The van der Waals surface area contributed by atoms with Gasteiger partial charge in [0.25, 0.3) is 5.91 Å². The average Bonchev–Trinajstić information content (AvgIpc) is 2.54. The van der Waals surface area contributed by atoms with Crippen molar-refractivity contribution in [1.29, 1.82) is 0 Å². The van der Waals surface area contributed by atoms with Crippen LogP contribution in [0.15, 0.2) is 41.6 Å². The summed E-state index contributed by atoms with van der Waals surface area (Å²) in [7, 11) is 0. The third-order valence-corrected chi connectivity index (χ3v) is 4.24. The van der Waals surface area contributed by atoms with Crippen LogP contribution in [0.3, 0.4) is 0 Å². The van der Waals surface area contributed by atoms with Gasteiger partial charge in [0.05, 0.1) is 0 Å². The molecule has 1 atom stereocenters. The Morgan fingerprint density at radius 3 is 2.56 bits per heavy atom. The van der Waals surface area contributed by atoms with Crippen molar-refractivity contribution in [3.8, 4) is 5.88 Å². The summed E-state index contributed by atoms with van der Waals surface area (Å²) < 4.78 is 3.76. The van der Waals surface area contributed by atoms with Gasteiger partial charge in [-0.25, -0.2) is 4.98 Å². The zero-order valence-corrected chi connectivity index (χ0v) is 16.6. The van der Waals surface area contributed by atoms with Crippen LogP contribution in [0.4, 0.5) is 0 Å². The number of benzene rings is 1. The maximum Gasteiger partial charge on any atom is 0.254 e. The molecular formula is C16H16Cl3N3O2S. The molecule has 2 aromatic rings. The van der Waals surface area contributed by atoms with Gasteiger partial charge >= 0.3 is 0 Å². The summed E-state index contributed by atoms with van der Waals surface area (Å²) in [5.41, 5.74) is 1.13. The molecule has 1 N–H and O–H groups in total. The standard InChI is InChI=1S/C16H16Cl3N3O2S/c1-3-25-15-20-10(2)9-12(21-15)24-14(16(17,18)19)22-13(23)11-7-5-4-6-8-11/h4-9,14H,3H2,1-2H3,(H,22,23)/t14-/m0/s1. The number of carbonyl (C=O) groups is 1. The van der Waals surface area contributed by atoms with E-state index >= 15 is 0 Å². The largest absolute Gasteiger partial charge is 0.449 e. The molecule has 0 aliphatic carbocycles. The maximum absolute atomic E-state index is 12.3. The summed E-state index contributed by atoms with van der Waals surface area (Å²) in [6.07, 6.45) is -1.22. The quantitative estimate of drug-likeness (QED) is 0.325. The van der Waals surface area contributed by atoms with E-state index in [4.69, 9.17) is 39.5 Å². The fraction of sp³-hybridized carbons (Fsp3) is 0.312. The number of aryl methyl sites for hydroxylation is 1. The van der Waals surface area contributed by atoms with Gasteiger partial charge in [-0.15, -0.1) is 0 Å². The Morgan fingerprint density at radius 1 is 1.28 bits per heavy atom. The lowest BCUT2D eigenvalue weighted by molar-refractivity contribution is 0.0824. The van der Waals surface area contributed by atoms with Gasteiger partial charge in [-0.05, 0) is 24.8 Å². The summed E-state index contributed by atoms with van der Waals surface area (Å²) >= 11 is 19.4. The van der Waals surface area contributed by atoms with Crippen LogP contribution in [-0.2, 0) is 0 Å². The molecule has 0 spiro atoms. The average molecular weight is 421 g/mol. The van der Waals surface area contributed by atoms with E-state index in [1.165, 1.54) is 11.8 Å². The number of nitrogens with zero attached hydrogens (tertiary/aromatic N) is 2. The Hall–Kier alpha value is -1.21. The van der Waals surface area contributed by atoms with Gasteiger partial charge in [0.1, 0.15) is 0 Å². The van der Waals surface area contributed by atoms with E-state index in [1.54, 1.807) is 43.3 Å². The highest BCUT2D eigenvalue weighted by Gasteiger charge is 2.37. The summed E-state index contributed by atoms with van der Waals surface area (Å²) in [5.74, 6) is 0.598. The molecule has 1 amide bonds. The van der Waals surface area contributed by atoms with Crippen LogP contribution in [0.1, 0.15) is 23.0 Å². The Morgan fingerprint density at radius 2 is 1.96 bits per heavy atom. The van der Waals surface area contributed by atoms with Crippen LogP contribution in [-0.4, -0.2) is 31.6 Å². The number of hydrogen-bond acceptors (Lipinski definition) is 5. The molecule has 0 fully saturated rings. The second-order valence-corrected chi connectivity index (χ2v) is 8.54. The van der Waals surface area contributed by atoms with Crippen molar-refractivity contribution in [1.82, 2.24) is 15.3 Å². The molecule has 1 aromatic heterocycles. The number of halogens is 3. The van der Waals surface area contributed by atoms with Gasteiger partial charge < -0.3 is 10.1 Å². The van der Waals surface area contributed by atoms with Crippen molar-refractivity contribution in [2.24, 2.45) is 0 Å². The Kier molecular flexibility index (Phi) is 7.19. The number of alkyl halides is 3. The normalized spacial score (nSPS) is 12.5. The number of carbonyl (C=O) groups excluding carboxylic acids is 1. The minimum absolute atomic E-state index is 0.216. The molecule has 0 saturated heterocycles. The minimum Gasteiger partial charge on any atom is -0.449 e. The summed E-state index contributed by atoms with van der Waals surface area (Å²) in [4.78, 5) is 20.9. The first-order valence-electron chi connectivity index (χ1n) is 7.37. The number of thioether (sulfide) groups is 1. The fourth-order valence-corrected chi connectivity index (χ4v) is 2.78. The summed E-state index contributed by atoms with van der Waals surface area (Å²) in [6, 6.07) is 10.2. The van der Waals surface area contributed by atoms with Gasteiger partial charge in [-0.2, -0.15) is 4.98 Å². The van der Waals surface area contributed by atoms with Gasteiger partial charge in [-0.1, -0.05) is 71.7 Å². The number of aromatic nitrogens is 2. The predicted molar refractivity (Wildman–Crippen MR) is 102 cm³/mol. The lowest BCUT2D eigenvalue weighted by atomic mass is 10.2. The van der Waals surface area contributed by atoms with E-state index < -0.39 is 15.9 Å². The smallest absolute Gasteiger partial charge is 0.254 e. The first kappa shape index (κ1) is 20.1. The molecule has 0 aliphatic heterocycles. The molecule has 134 valence electrons. The predicted octanol–water partition coefficient (Wildman–Crippen LogP) is 4.40. The van der Waals surface area contributed by atoms with E-state index in [1.807, 2.05) is 6.92 Å². The number of nitrogens with one attached hydrogen (secondary N) is 1. The molecule has 5 nitrogen and oxygen atoms in total. The minimum atomic E-state index is -1.89. The summed E-state index contributed by atoms with van der Waals surface area (Å²) in [5, 5.41) is 3.12. The molecule has 1 aromatic carbocycles. The van der Waals surface area contributed by atoms with E-state index in [0.29, 0.717) is 16.4 Å². The Bertz CT molecular complexity index is 726. The first-order chi connectivity index (χ1) is 11.8. The second-order valence-electron chi connectivity index (χ2n) is 4.94. The van der Waals surface area contributed by atoms with Crippen LogP contribution in [0.5, 0.6) is 5.88 Å². The van der Waals surface area contributed by atoms with Crippen molar-refractivity contribution < 1.29 is 9.53 Å². The molecule has 0 aliphatic rings. The lowest BCUT2D eigenvalue weighted by Crippen LogP contribution is -2.48. The molecule has 0 saturated carbocycles. The van der Waals surface area contributed by atoms with Crippen molar-refractivity contribution in [2.75, 3.05) is 5.75 Å². The molecule has 9 heteroatoms. The van der Waals surface area contributed by atoms with E-state index in [-0.39, 0.29) is 5.88 Å². The highest BCUT2D eigenvalue weighted by Crippen LogP contribution is 2.32. The molecule has 0 unspecified atom stereocenters. The van der Waals surface area contributed by atoms with Gasteiger partial charge in [-0.3, -0.25) is 4.79 Å². The number of amides is 1. The lowest BCUT2D eigenvalue weighted by Gasteiger charge is -2.26. The number of rotatable bonds is 6. The monoisotopic (exact) mass is 419 g/mol. The third kappa shape index (κ3) is 6.22. The third-order valence-electron chi connectivity index (χ3n) is 2.92. The van der Waals surface area contributed by atoms with E-state index in [2.05, 4.69) is 15.3 Å². The van der Waals surface area contributed by atoms with Crippen LogP contribution < -0.4 is 10.1 Å². The molecule has 0 radical (unpaired) electrons. The SMILES string of the molecule is CCSc1nc(C)cc(O[C@H](NC(=O)c2ccccc2)C(Cl)(Cl)Cl)n1. The van der Waals surface area contributed by atoms with E-state index in [9.17, 15) is 4.79 Å². The number of hydrogen-bond donors (Lipinski definition) is 1. The topological polar surface area (TPSA) is 64.1 Å². The Labute approximate surface area is 165 Å². The Balaban J connectivity index is 2.20. The van der Waals surface area contributed by atoms with Gasteiger partial charge in [0.15, 0.2) is 5.16 Å². The van der Waals surface area contributed by atoms with Crippen molar-refractivity contribution in [2.45, 2.75) is 29.0 Å². The molecule has 25 heavy (non-hydrogen) atoms. The highest BCUT2D eigenvalue weighted by atomic mass is 35.6. The van der Waals surface area contributed by atoms with Crippen molar-refractivity contribution in [3.63, 3.8) is 0 Å². The van der Waals surface area contributed by atoms with E-state index in [0.717, 1.165) is 5.75 Å². The first-order valence-corrected chi connectivity index (χ1v) is 9.49. The summed E-state index contributed by atoms with van der Waals surface area (Å²) in [6.45, 7) is 3.79. The second kappa shape index (κ2) is 8.94. The molecule has 2 rings (SSSR count). The molecule has 0 bridgehead atoms. The van der Waals surface area contributed by atoms with Crippen molar-refractivity contribution >= 4 is 52.5 Å². The van der Waals surface area contributed by atoms with Gasteiger partial charge in [0, 0.05) is 17.3 Å². The highest BCUT2D eigenvalue weighted by molar-refractivity contribution is 7.99. The van der Waals surface area contributed by atoms with Crippen LogP contribution in [0.25, 0.3) is 0 Å². The van der Waals surface area contributed by atoms with Crippen molar-refractivity contribution in [3.05, 3.63) is 47.7 Å². The van der Waals surface area contributed by atoms with Crippen LogP contribution in [0, 0.1) is 6.92 Å². The number of ether oxygens (including phenoxy) is 1. The maximum atomic E-state index is 12.3.